The summed E-state index contributed by atoms with van der Waals surface area (Å²) in [5, 5.41) is 9.18. The fourth-order valence-electron chi connectivity index (χ4n) is 2.64. The van der Waals surface area contributed by atoms with Crippen LogP contribution in [0.15, 0.2) is 30.0 Å². The van der Waals surface area contributed by atoms with Crippen LogP contribution < -0.4 is 15.8 Å². The number of hydrogen-bond donors (Lipinski definition) is 3. The minimum Gasteiger partial charge on any atom is -0.396 e. The van der Waals surface area contributed by atoms with Gasteiger partial charge in [0.25, 0.3) is 0 Å². The number of aliphatic hydroxyl groups excluding tert-OH is 1. The summed E-state index contributed by atoms with van der Waals surface area (Å²) < 4.78 is 0. The molecule has 2 rings (SSSR count). The molecular weight excluding hydrogens is 250 g/mol. The highest BCUT2D eigenvalue weighted by molar-refractivity contribution is 5.57. The van der Waals surface area contributed by atoms with Gasteiger partial charge in [0, 0.05) is 38.1 Å². The van der Waals surface area contributed by atoms with Gasteiger partial charge in [-0.2, -0.15) is 0 Å². The van der Waals surface area contributed by atoms with Crippen LogP contribution in [-0.4, -0.2) is 31.9 Å². The van der Waals surface area contributed by atoms with Crippen molar-refractivity contribution in [2.45, 2.75) is 19.8 Å². The molecule has 0 amide bonds. The van der Waals surface area contributed by atoms with Crippen LogP contribution >= 0.6 is 0 Å². The molecular formula is C16H25N3O. The lowest BCUT2D eigenvalue weighted by Crippen LogP contribution is -2.34. The average Bonchev–Trinajstić information content (AvgIpc) is 2.48. The topological polar surface area (TPSA) is 47.5 Å². The molecule has 3 N–H and O–H groups in total. The number of nitrogens with zero attached hydrogens (tertiary/aromatic N) is 1. The van der Waals surface area contributed by atoms with Gasteiger partial charge in [0.05, 0.1) is 0 Å². The molecule has 0 unspecified atom stereocenters. The van der Waals surface area contributed by atoms with Crippen molar-refractivity contribution in [2.24, 2.45) is 5.92 Å². The summed E-state index contributed by atoms with van der Waals surface area (Å²) in [6, 6.07) is 8.65. The number of anilines is 1. The van der Waals surface area contributed by atoms with E-state index in [0.717, 1.165) is 31.6 Å². The zero-order chi connectivity index (χ0) is 14.4. The van der Waals surface area contributed by atoms with Gasteiger partial charge in [-0.25, -0.2) is 5.43 Å². The third kappa shape index (κ3) is 3.99. The normalized spacial score (nSPS) is 17.4. The van der Waals surface area contributed by atoms with Crippen LogP contribution in [-0.2, 0) is 0 Å². The van der Waals surface area contributed by atoms with Crippen molar-refractivity contribution in [3.63, 3.8) is 0 Å². The van der Waals surface area contributed by atoms with Crippen molar-refractivity contribution < 1.29 is 5.11 Å². The van der Waals surface area contributed by atoms with Crippen LogP contribution in [0.4, 0.5) is 5.69 Å². The molecule has 4 heteroatoms. The van der Waals surface area contributed by atoms with E-state index in [9.17, 15) is 5.11 Å². The van der Waals surface area contributed by atoms with E-state index >= 15 is 0 Å². The van der Waals surface area contributed by atoms with Crippen LogP contribution in [0, 0.1) is 5.92 Å². The van der Waals surface area contributed by atoms with E-state index in [-0.39, 0.29) is 0 Å². The van der Waals surface area contributed by atoms with Gasteiger partial charge in [-0.15, -0.1) is 0 Å². The summed E-state index contributed by atoms with van der Waals surface area (Å²) in [5.41, 5.74) is 9.53. The summed E-state index contributed by atoms with van der Waals surface area (Å²) >= 11 is 0. The van der Waals surface area contributed by atoms with Gasteiger partial charge >= 0.3 is 0 Å². The maximum atomic E-state index is 9.18. The number of hydrazine groups is 1. The number of benzene rings is 1. The Morgan fingerprint density at radius 2 is 1.95 bits per heavy atom. The van der Waals surface area contributed by atoms with Gasteiger partial charge in [-0.3, -0.25) is 0 Å². The SMILES string of the molecule is CNN/C(C)=C\c1ccc(N2CCC(CO)CC2)cc1. The van der Waals surface area contributed by atoms with Crippen LogP contribution in [0.25, 0.3) is 6.08 Å². The first kappa shape index (κ1) is 14.9. The Labute approximate surface area is 121 Å². The number of aliphatic hydroxyl groups is 1. The molecule has 1 saturated heterocycles. The molecule has 4 nitrogen and oxygen atoms in total. The molecule has 110 valence electrons. The first-order valence-corrected chi connectivity index (χ1v) is 7.30. The lowest BCUT2D eigenvalue weighted by Gasteiger charge is -2.32. The Bertz CT molecular complexity index is 434. The molecule has 0 atom stereocenters. The van der Waals surface area contributed by atoms with Gasteiger partial charge in [0.2, 0.25) is 0 Å². The zero-order valence-electron chi connectivity index (χ0n) is 12.4. The molecule has 0 radical (unpaired) electrons. The van der Waals surface area contributed by atoms with Crippen LogP contribution in [0.3, 0.4) is 0 Å². The highest BCUT2D eigenvalue weighted by Crippen LogP contribution is 2.23. The standard InChI is InChI=1S/C16H25N3O/c1-13(18-17-2)11-14-3-5-16(6-4-14)19-9-7-15(12-20)8-10-19/h3-6,11,15,17-18,20H,7-10,12H2,1-2H3/b13-11-. The van der Waals surface area contributed by atoms with Crippen molar-refractivity contribution in [2.75, 3.05) is 31.6 Å². The van der Waals surface area contributed by atoms with E-state index in [2.05, 4.69) is 46.1 Å². The third-order valence-corrected chi connectivity index (χ3v) is 3.84. The minimum atomic E-state index is 0.329. The first-order chi connectivity index (χ1) is 9.72. The number of allylic oxidation sites excluding steroid dienone is 1. The molecule has 0 bridgehead atoms. The van der Waals surface area contributed by atoms with Gasteiger partial charge in [0.1, 0.15) is 0 Å². The molecule has 0 saturated carbocycles. The molecule has 0 aromatic heterocycles. The molecule has 0 aliphatic carbocycles. The molecule has 1 aromatic rings. The van der Waals surface area contributed by atoms with Gasteiger partial charge < -0.3 is 15.4 Å². The van der Waals surface area contributed by atoms with E-state index in [1.165, 1.54) is 11.3 Å². The number of nitrogens with one attached hydrogen (secondary N) is 2. The lowest BCUT2D eigenvalue weighted by molar-refractivity contribution is 0.203. The molecule has 1 aliphatic heterocycles. The number of piperidine rings is 1. The quantitative estimate of drug-likeness (QED) is 0.719. The van der Waals surface area contributed by atoms with E-state index in [0.29, 0.717) is 12.5 Å². The van der Waals surface area contributed by atoms with Crippen LogP contribution in [0.2, 0.25) is 0 Å². The summed E-state index contributed by atoms with van der Waals surface area (Å²) in [7, 11) is 1.86. The van der Waals surface area contributed by atoms with Crippen molar-refractivity contribution in [3.05, 3.63) is 35.5 Å². The maximum absolute atomic E-state index is 9.18. The summed E-state index contributed by atoms with van der Waals surface area (Å²) in [5.74, 6) is 0.490. The molecule has 1 fully saturated rings. The fourth-order valence-corrected chi connectivity index (χ4v) is 2.64. The smallest absolute Gasteiger partial charge is 0.0460 e. The highest BCUT2D eigenvalue weighted by atomic mass is 16.3. The molecule has 0 spiro atoms. The first-order valence-electron chi connectivity index (χ1n) is 7.30. The summed E-state index contributed by atoms with van der Waals surface area (Å²) in [6.07, 6.45) is 4.28. The van der Waals surface area contributed by atoms with Crippen molar-refractivity contribution in [1.82, 2.24) is 10.9 Å². The van der Waals surface area contributed by atoms with E-state index < -0.39 is 0 Å². The Balaban J connectivity index is 1.96. The fraction of sp³-hybridized carbons (Fsp3) is 0.500. The predicted molar refractivity (Wildman–Crippen MR) is 84.3 cm³/mol. The maximum Gasteiger partial charge on any atom is 0.0460 e. The Morgan fingerprint density at radius 3 is 2.50 bits per heavy atom. The third-order valence-electron chi connectivity index (χ3n) is 3.84. The highest BCUT2D eigenvalue weighted by Gasteiger charge is 2.18. The second-order valence-corrected chi connectivity index (χ2v) is 5.41. The van der Waals surface area contributed by atoms with Crippen LogP contribution in [0.5, 0.6) is 0 Å². The second-order valence-electron chi connectivity index (χ2n) is 5.41. The number of rotatable bonds is 5. The van der Waals surface area contributed by atoms with Crippen molar-refractivity contribution in [3.8, 4) is 0 Å². The van der Waals surface area contributed by atoms with E-state index in [4.69, 9.17) is 0 Å². The van der Waals surface area contributed by atoms with Gasteiger partial charge in [-0.05, 0) is 49.5 Å². The Hall–Kier alpha value is -1.52. The van der Waals surface area contributed by atoms with Crippen molar-refractivity contribution in [1.29, 1.82) is 0 Å². The monoisotopic (exact) mass is 275 g/mol. The lowest BCUT2D eigenvalue weighted by atomic mass is 9.97. The molecule has 20 heavy (non-hydrogen) atoms. The minimum absolute atomic E-state index is 0.329. The largest absolute Gasteiger partial charge is 0.396 e. The average molecular weight is 275 g/mol. The van der Waals surface area contributed by atoms with E-state index in [1.54, 1.807) is 0 Å². The van der Waals surface area contributed by atoms with Crippen molar-refractivity contribution >= 4 is 11.8 Å². The summed E-state index contributed by atoms with van der Waals surface area (Å²) in [4.78, 5) is 2.40. The van der Waals surface area contributed by atoms with Crippen LogP contribution in [0.1, 0.15) is 25.3 Å². The Morgan fingerprint density at radius 1 is 1.30 bits per heavy atom. The van der Waals surface area contributed by atoms with Gasteiger partial charge in [-0.1, -0.05) is 12.1 Å². The molecule has 1 aliphatic rings. The predicted octanol–water partition coefficient (Wildman–Crippen LogP) is 1.98. The molecule has 1 aromatic carbocycles. The Kier molecular flexibility index (Phi) is 5.44. The summed E-state index contributed by atoms with van der Waals surface area (Å²) in [6.45, 7) is 4.45. The number of hydrogen-bond acceptors (Lipinski definition) is 4. The van der Waals surface area contributed by atoms with Gasteiger partial charge in [0.15, 0.2) is 0 Å². The molecule has 1 heterocycles. The van der Waals surface area contributed by atoms with E-state index in [1.807, 2.05) is 14.0 Å². The zero-order valence-corrected chi connectivity index (χ0v) is 12.4. The second kappa shape index (κ2) is 7.31.